The van der Waals surface area contributed by atoms with Gasteiger partial charge in [0, 0.05) is 17.7 Å². The zero-order chi connectivity index (χ0) is 13.0. The van der Waals surface area contributed by atoms with Crippen molar-refractivity contribution in [2.75, 3.05) is 18.6 Å². The molecule has 0 saturated carbocycles. The Morgan fingerprint density at radius 3 is 2.94 bits per heavy atom. The molecule has 1 aliphatic heterocycles. The minimum Gasteiger partial charge on any atom is -0.493 e. The van der Waals surface area contributed by atoms with E-state index in [1.807, 2.05) is 30.0 Å². The summed E-state index contributed by atoms with van der Waals surface area (Å²) in [5, 5.41) is 9.50. The Morgan fingerprint density at radius 2 is 2.33 bits per heavy atom. The molecule has 0 aliphatic carbocycles. The van der Waals surface area contributed by atoms with Crippen LogP contribution in [0.4, 0.5) is 0 Å². The zero-order valence-corrected chi connectivity index (χ0v) is 11.7. The maximum atomic E-state index is 9.50. The fourth-order valence-electron chi connectivity index (χ4n) is 2.15. The number of hydrogen-bond donors (Lipinski definition) is 1. The van der Waals surface area contributed by atoms with Crippen LogP contribution in [0.1, 0.15) is 18.9 Å². The highest BCUT2D eigenvalue weighted by Crippen LogP contribution is 2.34. The lowest BCUT2D eigenvalue weighted by atomic mass is 10.1. The van der Waals surface area contributed by atoms with Gasteiger partial charge in [0.05, 0.1) is 13.2 Å². The first-order valence-electron chi connectivity index (χ1n) is 6.29. The van der Waals surface area contributed by atoms with Gasteiger partial charge in [0.25, 0.3) is 0 Å². The van der Waals surface area contributed by atoms with Crippen molar-refractivity contribution in [1.82, 2.24) is 0 Å². The van der Waals surface area contributed by atoms with E-state index in [1.165, 1.54) is 5.75 Å². The normalized spacial score (nSPS) is 20.7. The summed E-state index contributed by atoms with van der Waals surface area (Å²) in [5.41, 5.74) is 0.996. The molecule has 0 aromatic heterocycles. The first-order valence-corrected chi connectivity index (χ1v) is 7.44. The Balaban J connectivity index is 2.17. The lowest BCUT2D eigenvalue weighted by Crippen LogP contribution is -2.16. The van der Waals surface area contributed by atoms with Gasteiger partial charge in [-0.05, 0) is 25.2 Å². The van der Waals surface area contributed by atoms with Crippen molar-refractivity contribution < 1.29 is 14.6 Å². The van der Waals surface area contributed by atoms with E-state index in [4.69, 9.17) is 9.47 Å². The second kappa shape index (κ2) is 6.34. The van der Waals surface area contributed by atoms with Gasteiger partial charge in [0.15, 0.2) is 11.5 Å². The minimum atomic E-state index is -0.379. The van der Waals surface area contributed by atoms with E-state index in [1.54, 1.807) is 14.0 Å². The quantitative estimate of drug-likeness (QED) is 0.890. The second-order valence-electron chi connectivity index (χ2n) is 4.61. The molecule has 0 amide bonds. The molecule has 0 bridgehead atoms. The Kier molecular flexibility index (Phi) is 4.78. The van der Waals surface area contributed by atoms with Crippen molar-refractivity contribution in [3.63, 3.8) is 0 Å². The molecule has 1 aliphatic rings. The number of aliphatic hydroxyl groups excluding tert-OH is 1. The van der Waals surface area contributed by atoms with Gasteiger partial charge in [-0.25, -0.2) is 0 Å². The van der Waals surface area contributed by atoms with E-state index in [2.05, 4.69) is 0 Å². The fraction of sp³-hybridized carbons (Fsp3) is 0.571. The standard InChI is InChI=1S/C14H20O3S/c1-10(15)8-11-4-3-5-13(14(11)16-2)17-12-6-7-18-9-12/h3-5,10,12,15H,6-9H2,1-2H3. The highest BCUT2D eigenvalue weighted by atomic mass is 32.2. The maximum absolute atomic E-state index is 9.50. The van der Waals surface area contributed by atoms with Crippen LogP contribution < -0.4 is 9.47 Å². The van der Waals surface area contributed by atoms with Crippen molar-refractivity contribution >= 4 is 11.8 Å². The second-order valence-corrected chi connectivity index (χ2v) is 5.75. The lowest BCUT2D eigenvalue weighted by Gasteiger charge is -2.18. The predicted octanol–water partition coefficient (Wildman–Crippen LogP) is 2.50. The Hall–Kier alpha value is -0.870. The lowest BCUT2D eigenvalue weighted by molar-refractivity contribution is 0.192. The van der Waals surface area contributed by atoms with E-state index < -0.39 is 0 Å². The largest absolute Gasteiger partial charge is 0.493 e. The number of thioether (sulfide) groups is 1. The minimum absolute atomic E-state index is 0.283. The molecule has 1 N–H and O–H groups in total. The molecule has 3 nitrogen and oxygen atoms in total. The van der Waals surface area contributed by atoms with E-state index >= 15 is 0 Å². The highest BCUT2D eigenvalue weighted by Gasteiger charge is 2.20. The topological polar surface area (TPSA) is 38.7 Å². The number of aliphatic hydroxyl groups is 1. The van der Waals surface area contributed by atoms with Crippen LogP contribution in [0, 0.1) is 0 Å². The first kappa shape index (κ1) is 13.6. The zero-order valence-electron chi connectivity index (χ0n) is 10.9. The molecule has 2 rings (SSSR count). The van der Waals surface area contributed by atoms with E-state index in [0.717, 1.165) is 29.2 Å². The number of methoxy groups -OCH3 is 1. The third-order valence-corrected chi connectivity index (χ3v) is 4.09. The van der Waals surface area contributed by atoms with Crippen LogP contribution in [0.3, 0.4) is 0 Å². The molecule has 1 fully saturated rings. The van der Waals surface area contributed by atoms with Crippen LogP contribution in [0.2, 0.25) is 0 Å². The number of benzene rings is 1. The van der Waals surface area contributed by atoms with Crippen molar-refractivity contribution in [3.8, 4) is 11.5 Å². The van der Waals surface area contributed by atoms with Gasteiger partial charge in [-0.3, -0.25) is 0 Å². The van der Waals surface area contributed by atoms with Crippen LogP contribution in [-0.2, 0) is 6.42 Å². The molecule has 1 aromatic carbocycles. The first-order chi connectivity index (χ1) is 8.70. The highest BCUT2D eigenvalue weighted by molar-refractivity contribution is 7.99. The van der Waals surface area contributed by atoms with Gasteiger partial charge in [0.1, 0.15) is 6.10 Å². The van der Waals surface area contributed by atoms with Crippen LogP contribution in [0.5, 0.6) is 11.5 Å². The van der Waals surface area contributed by atoms with Crippen LogP contribution in [0.25, 0.3) is 0 Å². The molecule has 4 heteroatoms. The maximum Gasteiger partial charge on any atom is 0.164 e. The summed E-state index contributed by atoms with van der Waals surface area (Å²) in [7, 11) is 1.65. The Bertz CT molecular complexity index is 387. The molecule has 100 valence electrons. The number of rotatable bonds is 5. The third-order valence-electron chi connectivity index (χ3n) is 2.96. The number of ether oxygens (including phenoxy) is 2. The van der Waals surface area contributed by atoms with Crippen molar-refractivity contribution in [1.29, 1.82) is 0 Å². The van der Waals surface area contributed by atoms with E-state index in [9.17, 15) is 5.11 Å². The molecule has 0 spiro atoms. The number of para-hydroxylation sites is 1. The summed E-state index contributed by atoms with van der Waals surface area (Å²) >= 11 is 1.92. The molecule has 2 atom stereocenters. The molecular formula is C14H20O3S. The molecular weight excluding hydrogens is 248 g/mol. The molecule has 1 heterocycles. The molecule has 1 aromatic rings. The average molecular weight is 268 g/mol. The smallest absolute Gasteiger partial charge is 0.164 e. The molecule has 18 heavy (non-hydrogen) atoms. The summed E-state index contributed by atoms with van der Waals surface area (Å²) in [6, 6.07) is 5.87. The fourth-order valence-corrected chi connectivity index (χ4v) is 3.24. The SMILES string of the molecule is COc1c(CC(C)O)cccc1OC1CCSC1. The average Bonchev–Trinajstić information content (AvgIpc) is 2.81. The van der Waals surface area contributed by atoms with E-state index in [-0.39, 0.29) is 12.2 Å². The Labute approximate surface area is 112 Å². The van der Waals surface area contributed by atoms with Gasteiger partial charge < -0.3 is 14.6 Å². The monoisotopic (exact) mass is 268 g/mol. The van der Waals surface area contributed by atoms with Gasteiger partial charge in [-0.1, -0.05) is 12.1 Å². The summed E-state index contributed by atoms with van der Waals surface area (Å²) in [4.78, 5) is 0. The van der Waals surface area contributed by atoms with Crippen LogP contribution in [-0.4, -0.2) is 35.9 Å². The van der Waals surface area contributed by atoms with Crippen molar-refractivity contribution in [3.05, 3.63) is 23.8 Å². The van der Waals surface area contributed by atoms with Crippen molar-refractivity contribution in [2.45, 2.75) is 32.0 Å². The van der Waals surface area contributed by atoms with Gasteiger partial charge in [-0.15, -0.1) is 0 Å². The summed E-state index contributed by atoms with van der Waals surface area (Å²) < 4.78 is 11.4. The van der Waals surface area contributed by atoms with Gasteiger partial charge in [-0.2, -0.15) is 11.8 Å². The van der Waals surface area contributed by atoms with Crippen molar-refractivity contribution in [2.24, 2.45) is 0 Å². The van der Waals surface area contributed by atoms with Crippen LogP contribution in [0.15, 0.2) is 18.2 Å². The molecule has 2 unspecified atom stereocenters. The molecule has 0 radical (unpaired) electrons. The number of hydrogen-bond acceptors (Lipinski definition) is 4. The predicted molar refractivity (Wildman–Crippen MR) is 74.7 cm³/mol. The summed E-state index contributed by atoms with van der Waals surface area (Å²) in [6.45, 7) is 1.78. The van der Waals surface area contributed by atoms with E-state index in [0.29, 0.717) is 6.42 Å². The van der Waals surface area contributed by atoms with Gasteiger partial charge >= 0.3 is 0 Å². The van der Waals surface area contributed by atoms with Crippen LogP contribution >= 0.6 is 11.8 Å². The summed E-state index contributed by atoms with van der Waals surface area (Å²) in [5.74, 6) is 3.77. The Morgan fingerprint density at radius 1 is 1.50 bits per heavy atom. The molecule has 1 saturated heterocycles. The van der Waals surface area contributed by atoms with Gasteiger partial charge in [0.2, 0.25) is 0 Å². The summed E-state index contributed by atoms with van der Waals surface area (Å²) in [6.07, 6.45) is 1.58. The third kappa shape index (κ3) is 3.33.